The van der Waals surface area contributed by atoms with Crippen LogP contribution in [0.1, 0.15) is 19.4 Å². The fourth-order valence-corrected chi connectivity index (χ4v) is 3.00. The highest BCUT2D eigenvalue weighted by atomic mass is 32.2. The molecule has 2 N–H and O–H groups in total. The first-order valence-corrected chi connectivity index (χ1v) is 8.38. The zero-order valence-corrected chi connectivity index (χ0v) is 13.3. The van der Waals surface area contributed by atoms with Crippen LogP contribution in [0.5, 0.6) is 0 Å². The van der Waals surface area contributed by atoms with Gasteiger partial charge in [0, 0.05) is 18.3 Å². The zero-order valence-electron chi connectivity index (χ0n) is 12.5. The van der Waals surface area contributed by atoms with Crippen molar-refractivity contribution in [3.63, 3.8) is 0 Å². The van der Waals surface area contributed by atoms with Gasteiger partial charge in [-0.25, -0.2) is 8.42 Å². The molecule has 0 fully saturated rings. The van der Waals surface area contributed by atoms with Crippen LogP contribution in [0.15, 0.2) is 53.4 Å². The van der Waals surface area contributed by atoms with Gasteiger partial charge in [0.15, 0.2) is 0 Å². The van der Waals surface area contributed by atoms with E-state index in [1.54, 1.807) is 24.3 Å². The second kappa shape index (κ2) is 6.62. The molecule has 0 unspecified atom stereocenters. The summed E-state index contributed by atoms with van der Waals surface area (Å²) >= 11 is 0. The van der Waals surface area contributed by atoms with Crippen LogP contribution in [0.2, 0.25) is 0 Å². The summed E-state index contributed by atoms with van der Waals surface area (Å²) in [4.78, 5) is 11.1. The molecule has 0 radical (unpaired) electrons. The van der Waals surface area contributed by atoms with Gasteiger partial charge in [-0.2, -0.15) is 0 Å². The number of amides is 1. The average Bonchev–Trinajstić information content (AvgIpc) is 2.47. The summed E-state index contributed by atoms with van der Waals surface area (Å²) in [6.07, 6.45) is 0.900. The van der Waals surface area contributed by atoms with Crippen LogP contribution in [-0.2, 0) is 21.2 Å². The number of sulfonamides is 1. The molecule has 0 atom stereocenters. The van der Waals surface area contributed by atoms with Crippen LogP contribution in [0.4, 0.5) is 11.4 Å². The number of hydrogen-bond acceptors (Lipinski definition) is 3. The molecular formula is C16H18N2O3S. The van der Waals surface area contributed by atoms with E-state index in [0.717, 1.165) is 12.0 Å². The topological polar surface area (TPSA) is 75.3 Å². The third-order valence-corrected chi connectivity index (χ3v) is 4.50. The molecular weight excluding hydrogens is 300 g/mol. The van der Waals surface area contributed by atoms with Crippen molar-refractivity contribution in [3.05, 3.63) is 54.1 Å². The van der Waals surface area contributed by atoms with Crippen molar-refractivity contribution in [1.29, 1.82) is 0 Å². The van der Waals surface area contributed by atoms with Gasteiger partial charge in [0.2, 0.25) is 5.91 Å². The molecule has 22 heavy (non-hydrogen) atoms. The maximum Gasteiger partial charge on any atom is 0.261 e. The highest BCUT2D eigenvalue weighted by Crippen LogP contribution is 2.18. The Labute approximate surface area is 130 Å². The van der Waals surface area contributed by atoms with Gasteiger partial charge in [-0.1, -0.05) is 19.1 Å². The van der Waals surface area contributed by atoms with Crippen molar-refractivity contribution in [2.24, 2.45) is 0 Å². The van der Waals surface area contributed by atoms with E-state index in [4.69, 9.17) is 0 Å². The molecule has 0 aliphatic rings. The van der Waals surface area contributed by atoms with Crippen LogP contribution < -0.4 is 10.0 Å². The van der Waals surface area contributed by atoms with E-state index in [0.29, 0.717) is 11.4 Å². The highest BCUT2D eigenvalue weighted by molar-refractivity contribution is 7.92. The zero-order chi connectivity index (χ0) is 16.2. The van der Waals surface area contributed by atoms with Crippen LogP contribution in [0.3, 0.4) is 0 Å². The predicted molar refractivity (Wildman–Crippen MR) is 87.4 cm³/mol. The monoisotopic (exact) mass is 318 g/mol. The highest BCUT2D eigenvalue weighted by Gasteiger charge is 2.14. The third kappa shape index (κ3) is 4.08. The lowest BCUT2D eigenvalue weighted by Gasteiger charge is -2.09. The Morgan fingerprint density at radius 3 is 2.00 bits per heavy atom. The minimum absolute atomic E-state index is 0.140. The predicted octanol–water partition coefficient (Wildman–Crippen LogP) is 3.01. The van der Waals surface area contributed by atoms with E-state index in [2.05, 4.69) is 10.0 Å². The number of carbonyl (C=O) groups excluding carboxylic acids is 1. The van der Waals surface area contributed by atoms with Gasteiger partial charge in [0.25, 0.3) is 10.0 Å². The molecule has 2 aromatic carbocycles. The molecule has 0 aliphatic heterocycles. The first-order chi connectivity index (χ1) is 10.4. The van der Waals surface area contributed by atoms with Crippen molar-refractivity contribution in [3.8, 4) is 0 Å². The largest absolute Gasteiger partial charge is 0.326 e. The third-order valence-electron chi connectivity index (χ3n) is 3.10. The Bertz CT molecular complexity index is 751. The van der Waals surface area contributed by atoms with E-state index >= 15 is 0 Å². The van der Waals surface area contributed by atoms with Gasteiger partial charge in [-0.15, -0.1) is 0 Å². The number of benzene rings is 2. The van der Waals surface area contributed by atoms with Gasteiger partial charge in [0.1, 0.15) is 0 Å². The molecule has 2 aromatic rings. The summed E-state index contributed by atoms with van der Waals surface area (Å²) in [6.45, 7) is 3.43. The fraction of sp³-hybridized carbons (Fsp3) is 0.188. The number of anilines is 2. The number of hydrogen-bond donors (Lipinski definition) is 2. The second-order valence-electron chi connectivity index (χ2n) is 4.86. The summed E-state index contributed by atoms with van der Waals surface area (Å²) < 4.78 is 27.1. The maximum atomic E-state index is 12.3. The summed E-state index contributed by atoms with van der Waals surface area (Å²) in [7, 11) is -3.64. The molecule has 2 rings (SSSR count). The van der Waals surface area contributed by atoms with Crippen LogP contribution >= 0.6 is 0 Å². The van der Waals surface area contributed by atoms with Crippen LogP contribution in [0.25, 0.3) is 0 Å². The van der Waals surface area contributed by atoms with Crippen molar-refractivity contribution in [2.45, 2.75) is 25.2 Å². The minimum Gasteiger partial charge on any atom is -0.326 e. The number of nitrogens with one attached hydrogen (secondary N) is 2. The molecule has 0 aromatic heterocycles. The summed E-state index contributed by atoms with van der Waals surface area (Å²) in [5.74, 6) is -0.204. The van der Waals surface area contributed by atoms with Gasteiger partial charge in [-0.3, -0.25) is 9.52 Å². The van der Waals surface area contributed by atoms with E-state index in [9.17, 15) is 13.2 Å². The maximum absolute atomic E-state index is 12.3. The van der Waals surface area contributed by atoms with Crippen molar-refractivity contribution < 1.29 is 13.2 Å². The summed E-state index contributed by atoms with van der Waals surface area (Å²) in [5.41, 5.74) is 2.21. The number of aryl methyl sites for hydroxylation is 1. The smallest absolute Gasteiger partial charge is 0.261 e. The fourth-order valence-electron chi connectivity index (χ4n) is 1.94. The van der Waals surface area contributed by atoms with E-state index in [1.165, 1.54) is 19.1 Å². The Balaban J connectivity index is 2.16. The standard InChI is InChI=1S/C16H18N2O3S/c1-3-13-4-6-15(7-5-13)18-22(20,21)16-10-8-14(9-11-16)17-12(2)19/h4-11,18H,3H2,1-2H3,(H,17,19). The molecule has 0 saturated heterocycles. The molecule has 0 aliphatic carbocycles. The molecule has 0 bridgehead atoms. The number of carbonyl (C=O) groups is 1. The molecule has 1 amide bonds. The molecule has 0 heterocycles. The van der Waals surface area contributed by atoms with E-state index in [1.807, 2.05) is 19.1 Å². The van der Waals surface area contributed by atoms with Gasteiger partial charge < -0.3 is 5.32 Å². The Kier molecular flexibility index (Phi) is 4.82. The van der Waals surface area contributed by atoms with E-state index < -0.39 is 10.0 Å². The van der Waals surface area contributed by atoms with Crippen LogP contribution in [0, 0.1) is 0 Å². The lowest BCUT2D eigenvalue weighted by Crippen LogP contribution is -2.13. The lowest BCUT2D eigenvalue weighted by atomic mass is 10.2. The quantitative estimate of drug-likeness (QED) is 0.890. The van der Waals surface area contributed by atoms with Gasteiger partial charge in [0.05, 0.1) is 4.90 Å². The molecule has 0 saturated carbocycles. The van der Waals surface area contributed by atoms with Crippen LogP contribution in [-0.4, -0.2) is 14.3 Å². The first kappa shape index (κ1) is 16.0. The van der Waals surface area contributed by atoms with Crippen molar-refractivity contribution in [2.75, 3.05) is 10.0 Å². The molecule has 5 nitrogen and oxygen atoms in total. The molecule has 6 heteroatoms. The normalized spacial score (nSPS) is 11.0. The average molecular weight is 318 g/mol. The second-order valence-corrected chi connectivity index (χ2v) is 6.54. The van der Waals surface area contributed by atoms with E-state index in [-0.39, 0.29) is 10.8 Å². The van der Waals surface area contributed by atoms with Gasteiger partial charge in [-0.05, 0) is 48.4 Å². The Morgan fingerprint density at radius 2 is 1.50 bits per heavy atom. The van der Waals surface area contributed by atoms with Crippen molar-refractivity contribution >= 4 is 27.3 Å². The Hall–Kier alpha value is -2.34. The molecule has 116 valence electrons. The first-order valence-electron chi connectivity index (χ1n) is 6.90. The Morgan fingerprint density at radius 1 is 0.955 bits per heavy atom. The number of rotatable bonds is 5. The molecule has 0 spiro atoms. The summed E-state index contributed by atoms with van der Waals surface area (Å²) in [6, 6.07) is 13.3. The minimum atomic E-state index is -3.64. The summed E-state index contributed by atoms with van der Waals surface area (Å²) in [5, 5.41) is 2.59. The lowest BCUT2D eigenvalue weighted by molar-refractivity contribution is -0.114. The van der Waals surface area contributed by atoms with Crippen molar-refractivity contribution in [1.82, 2.24) is 0 Å². The van der Waals surface area contributed by atoms with Gasteiger partial charge >= 0.3 is 0 Å². The SMILES string of the molecule is CCc1ccc(NS(=O)(=O)c2ccc(NC(C)=O)cc2)cc1.